The fraction of sp³-hybridized carbons (Fsp3) is 0.278. The Kier molecular flexibility index (Phi) is 6.76. The number of anilines is 1. The lowest BCUT2D eigenvalue weighted by Crippen LogP contribution is -2.32. The minimum absolute atomic E-state index is 0.0387. The van der Waals surface area contributed by atoms with E-state index in [1.54, 1.807) is 12.1 Å². The van der Waals surface area contributed by atoms with Gasteiger partial charge in [-0.2, -0.15) is 0 Å². The maximum atomic E-state index is 11.7. The highest BCUT2D eigenvalue weighted by Crippen LogP contribution is 2.15. The van der Waals surface area contributed by atoms with Crippen molar-refractivity contribution in [2.24, 2.45) is 0 Å². The fourth-order valence-corrected chi connectivity index (χ4v) is 2.13. The average molecular weight is 343 g/mol. The number of nitro groups is 1. The molecule has 25 heavy (non-hydrogen) atoms. The maximum absolute atomic E-state index is 11.7. The zero-order valence-corrected chi connectivity index (χ0v) is 14.0. The highest BCUT2D eigenvalue weighted by Gasteiger charge is 2.04. The molecule has 0 fully saturated rings. The molecule has 0 aliphatic rings. The Hall–Kier alpha value is -3.09. The first-order valence-corrected chi connectivity index (χ1v) is 8.05. The number of nitro benzene ring substituents is 1. The molecule has 2 rings (SSSR count). The van der Waals surface area contributed by atoms with Gasteiger partial charge in [-0.1, -0.05) is 19.1 Å². The number of amides is 1. The summed E-state index contributed by atoms with van der Waals surface area (Å²) in [6, 6.07) is 13.8. The van der Waals surface area contributed by atoms with Gasteiger partial charge in [0.25, 0.3) is 11.6 Å². The first-order valence-electron chi connectivity index (χ1n) is 8.05. The Morgan fingerprint density at radius 3 is 2.36 bits per heavy atom. The molecule has 0 unspecified atom stereocenters. The van der Waals surface area contributed by atoms with E-state index in [-0.39, 0.29) is 18.2 Å². The van der Waals surface area contributed by atoms with Crippen molar-refractivity contribution in [3.05, 3.63) is 64.2 Å². The van der Waals surface area contributed by atoms with Gasteiger partial charge < -0.3 is 15.4 Å². The van der Waals surface area contributed by atoms with Crippen LogP contribution >= 0.6 is 0 Å². The van der Waals surface area contributed by atoms with Crippen LogP contribution in [0, 0.1) is 10.1 Å². The maximum Gasteiger partial charge on any atom is 0.269 e. The largest absolute Gasteiger partial charge is 0.484 e. The van der Waals surface area contributed by atoms with Crippen LogP contribution in [-0.2, 0) is 11.2 Å². The van der Waals surface area contributed by atoms with Crippen molar-refractivity contribution in [1.29, 1.82) is 0 Å². The molecular formula is C18H21N3O4. The number of rotatable bonds is 9. The number of nitrogens with zero attached hydrogens (tertiary/aromatic N) is 1. The molecule has 0 saturated carbocycles. The standard InChI is InChI=1S/C18H21N3O4/c1-2-14-3-9-17(10-4-14)25-13-18(22)20-12-11-19-15-5-7-16(8-6-15)21(23)24/h3-10,19H,2,11-13H2,1H3,(H,20,22). The second-order valence-electron chi connectivity index (χ2n) is 5.37. The summed E-state index contributed by atoms with van der Waals surface area (Å²) in [6.45, 7) is 2.97. The van der Waals surface area contributed by atoms with Crippen molar-refractivity contribution in [2.45, 2.75) is 13.3 Å². The van der Waals surface area contributed by atoms with Crippen LogP contribution in [0.15, 0.2) is 48.5 Å². The summed E-state index contributed by atoms with van der Waals surface area (Å²) in [5.74, 6) is 0.460. The van der Waals surface area contributed by atoms with E-state index in [4.69, 9.17) is 4.74 Å². The molecule has 2 N–H and O–H groups in total. The summed E-state index contributed by atoms with van der Waals surface area (Å²) < 4.78 is 5.42. The molecule has 0 spiro atoms. The van der Waals surface area contributed by atoms with Crippen LogP contribution in [0.2, 0.25) is 0 Å². The summed E-state index contributed by atoms with van der Waals surface area (Å²) in [4.78, 5) is 21.9. The van der Waals surface area contributed by atoms with E-state index in [1.165, 1.54) is 17.7 Å². The topological polar surface area (TPSA) is 93.5 Å². The van der Waals surface area contributed by atoms with Gasteiger partial charge in [0.15, 0.2) is 6.61 Å². The van der Waals surface area contributed by atoms with Crippen LogP contribution in [-0.4, -0.2) is 30.5 Å². The molecule has 0 aliphatic carbocycles. The molecule has 7 heteroatoms. The Morgan fingerprint density at radius 1 is 1.08 bits per heavy atom. The van der Waals surface area contributed by atoms with E-state index in [0.29, 0.717) is 18.8 Å². The lowest BCUT2D eigenvalue weighted by Gasteiger charge is -2.09. The molecule has 2 aromatic carbocycles. The van der Waals surface area contributed by atoms with Crippen LogP contribution in [0.3, 0.4) is 0 Å². The van der Waals surface area contributed by atoms with Gasteiger partial charge >= 0.3 is 0 Å². The van der Waals surface area contributed by atoms with E-state index < -0.39 is 4.92 Å². The summed E-state index contributed by atoms with van der Waals surface area (Å²) in [7, 11) is 0. The Balaban J connectivity index is 1.63. The fourth-order valence-electron chi connectivity index (χ4n) is 2.13. The predicted octanol–water partition coefficient (Wildman–Crippen LogP) is 2.76. The van der Waals surface area contributed by atoms with Crippen LogP contribution in [0.25, 0.3) is 0 Å². The average Bonchev–Trinajstić information content (AvgIpc) is 2.64. The molecule has 2 aromatic rings. The number of hydrogen-bond acceptors (Lipinski definition) is 5. The summed E-state index contributed by atoms with van der Waals surface area (Å²) in [5, 5.41) is 16.4. The monoisotopic (exact) mass is 343 g/mol. The van der Waals surface area contributed by atoms with E-state index in [1.807, 2.05) is 24.3 Å². The van der Waals surface area contributed by atoms with E-state index in [0.717, 1.165) is 12.1 Å². The van der Waals surface area contributed by atoms with E-state index in [2.05, 4.69) is 17.6 Å². The van der Waals surface area contributed by atoms with E-state index >= 15 is 0 Å². The Morgan fingerprint density at radius 2 is 1.76 bits per heavy atom. The van der Waals surface area contributed by atoms with Crippen LogP contribution < -0.4 is 15.4 Å². The number of ether oxygens (including phenoxy) is 1. The van der Waals surface area contributed by atoms with Gasteiger partial charge in [-0.15, -0.1) is 0 Å². The number of non-ortho nitro benzene ring substituents is 1. The van der Waals surface area contributed by atoms with Crippen LogP contribution in [0.1, 0.15) is 12.5 Å². The van der Waals surface area contributed by atoms with Gasteiger partial charge in [-0.3, -0.25) is 14.9 Å². The van der Waals surface area contributed by atoms with Crippen molar-refractivity contribution in [1.82, 2.24) is 5.32 Å². The molecule has 0 bridgehead atoms. The first-order chi connectivity index (χ1) is 12.1. The molecule has 0 saturated heterocycles. The second kappa shape index (κ2) is 9.27. The highest BCUT2D eigenvalue weighted by molar-refractivity contribution is 5.77. The van der Waals surface area contributed by atoms with Crippen molar-refractivity contribution in [3.63, 3.8) is 0 Å². The number of benzene rings is 2. The number of nitrogens with one attached hydrogen (secondary N) is 2. The molecule has 7 nitrogen and oxygen atoms in total. The second-order valence-corrected chi connectivity index (χ2v) is 5.37. The van der Waals surface area contributed by atoms with Crippen LogP contribution in [0.4, 0.5) is 11.4 Å². The third-order valence-electron chi connectivity index (χ3n) is 3.56. The van der Waals surface area contributed by atoms with Crippen molar-refractivity contribution < 1.29 is 14.5 Å². The number of carbonyl (C=O) groups excluding carboxylic acids is 1. The third kappa shape index (κ3) is 6.14. The van der Waals surface area contributed by atoms with Gasteiger partial charge in [0.1, 0.15) is 5.75 Å². The van der Waals surface area contributed by atoms with Crippen LogP contribution in [0.5, 0.6) is 5.75 Å². The van der Waals surface area contributed by atoms with Gasteiger partial charge in [0, 0.05) is 30.9 Å². The molecule has 0 aromatic heterocycles. The highest BCUT2D eigenvalue weighted by atomic mass is 16.6. The molecule has 0 radical (unpaired) electrons. The molecule has 1 amide bonds. The summed E-state index contributed by atoms with van der Waals surface area (Å²) >= 11 is 0. The number of aryl methyl sites for hydroxylation is 1. The summed E-state index contributed by atoms with van der Waals surface area (Å²) in [6.07, 6.45) is 0.961. The third-order valence-corrected chi connectivity index (χ3v) is 3.56. The van der Waals surface area contributed by atoms with Gasteiger partial charge in [-0.25, -0.2) is 0 Å². The number of hydrogen-bond donors (Lipinski definition) is 2. The minimum atomic E-state index is -0.445. The molecule has 132 valence electrons. The Labute approximate surface area is 146 Å². The van der Waals surface area contributed by atoms with E-state index in [9.17, 15) is 14.9 Å². The van der Waals surface area contributed by atoms with Gasteiger partial charge in [-0.05, 0) is 36.2 Å². The first kappa shape index (κ1) is 18.3. The minimum Gasteiger partial charge on any atom is -0.484 e. The zero-order chi connectivity index (χ0) is 18.1. The Bertz CT molecular complexity index is 699. The van der Waals surface area contributed by atoms with Crippen molar-refractivity contribution in [2.75, 3.05) is 25.0 Å². The van der Waals surface area contributed by atoms with Gasteiger partial charge in [0.2, 0.25) is 0 Å². The molecule has 0 atom stereocenters. The number of carbonyl (C=O) groups is 1. The molecular weight excluding hydrogens is 322 g/mol. The van der Waals surface area contributed by atoms with Crippen molar-refractivity contribution in [3.8, 4) is 5.75 Å². The molecule has 0 aliphatic heterocycles. The molecule has 0 heterocycles. The lowest BCUT2D eigenvalue weighted by molar-refractivity contribution is -0.384. The quantitative estimate of drug-likeness (QED) is 0.415. The summed E-state index contributed by atoms with van der Waals surface area (Å²) in [5.41, 5.74) is 2.02. The smallest absolute Gasteiger partial charge is 0.269 e. The SMILES string of the molecule is CCc1ccc(OCC(=O)NCCNc2ccc([N+](=O)[O-])cc2)cc1. The van der Waals surface area contributed by atoms with Gasteiger partial charge in [0.05, 0.1) is 4.92 Å². The lowest BCUT2D eigenvalue weighted by atomic mass is 10.2. The zero-order valence-electron chi connectivity index (χ0n) is 14.0. The predicted molar refractivity (Wildman–Crippen MR) is 95.9 cm³/mol. The normalized spacial score (nSPS) is 10.1. The van der Waals surface area contributed by atoms with Crippen molar-refractivity contribution >= 4 is 17.3 Å².